The molecule has 0 spiro atoms. The van der Waals surface area contributed by atoms with Crippen molar-refractivity contribution in [2.24, 2.45) is 0 Å². The first kappa shape index (κ1) is 11.0. The highest BCUT2D eigenvalue weighted by Gasteiger charge is 1.81. The van der Waals surface area contributed by atoms with Crippen LogP contribution in [0.2, 0.25) is 0 Å². The zero-order valence-electron chi connectivity index (χ0n) is 8.78. The number of allylic oxidation sites excluding steroid dienone is 8. The van der Waals surface area contributed by atoms with Gasteiger partial charge in [-0.1, -0.05) is 42.5 Å². The average molecular weight is 187 g/mol. The van der Waals surface area contributed by atoms with Crippen LogP contribution in [0.15, 0.2) is 42.5 Å². The summed E-state index contributed by atoms with van der Waals surface area (Å²) in [5.41, 5.74) is 0. The lowest BCUT2D eigenvalue weighted by atomic mass is 10.2. The highest BCUT2D eigenvalue weighted by atomic mass is 13.9. The molecule has 0 unspecified atom stereocenters. The largest absolute Gasteiger partial charge is 0.0882 e. The first-order valence-corrected chi connectivity index (χ1v) is 5.53. The van der Waals surface area contributed by atoms with Crippen LogP contribution in [0.5, 0.6) is 0 Å². The Hall–Kier alpha value is -1.04. The summed E-state index contributed by atoms with van der Waals surface area (Å²) in [4.78, 5) is 0. The first-order chi connectivity index (χ1) is 7.00. The Bertz CT molecular complexity index is 228. The Morgan fingerprint density at radius 2 is 1.50 bits per heavy atom. The van der Waals surface area contributed by atoms with E-state index in [0.717, 1.165) is 25.7 Å². The molecule has 0 aromatic rings. The monoisotopic (exact) mass is 187 g/mol. The molecule has 0 aromatic carbocycles. The molecule has 0 saturated carbocycles. The van der Waals surface area contributed by atoms with E-state index in [1.165, 1.54) is 12.8 Å². The number of rotatable bonds is 0. The normalized spacial score (nSPS) is 28.6. The topological polar surface area (TPSA) is 0 Å². The average Bonchev–Trinajstić information content (AvgIpc) is 2.22. The van der Waals surface area contributed by atoms with Crippen molar-refractivity contribution in [3.63, 3.8) is 0 Å². The van der Waals surface area contributed by atoms with Gasteiger partial charge in [0.2, 0.25) is 0 Å². The van der Waals surface area contributed by atoms with Gasteiger partial charge in [-0.05, 0) is 44.6 Å². The lowest BCUT2D eigenvalue weighted by Crippen LogP contribution is -1.71. The minimum absolute atomic E-state index is 1.09. The van der Waals surface area contributed by atoms with Crippen LogP contribution in [0.4, 0.5) is 0 Å². The molecule has 0 nitrogen and oxygen atoms in total. The van der Waals surface area contributed by atoms with Crippen molar-refractivity contribution >= 4 is 0 Å². The summed E-state index contributed by atoms with van der Waals surface area (Å²) < 4.78 is 0. The van der Waals surface area contributed by atoms with Crippen LogP contribution in [-0.4, -0.2) is 0 Å². The fourth-order valence-electron chi connectivity index (χ4n) is 1.34. The zero-order valence-corrected chi connectivity index (χ0v) is 8.78. The van der Waals surface area contributed by atoms with Gasteiger partial charge >= 0.3 is 0 Å². The Balaban J connectivity index is 2.34. The second-order valence-electron chi connectivity index (χ2n) is 3.46. The van der Waals surface area contributed by atoms with Gasteiger partial charge in [0.25, 0.3) is 0 Å². The van der Waals surface area contributed by atoms with Crippen LogP contribution < -0.4 is 0 Å². The molecule has 1 radical (unpaired) electrons. The van der Waals surface area contributed by atoms with Crippen molar-refractivity contribution in [2.75, 3.05) is 0 Å². The van der Waals surface area contributed by atoms with Gasteiger partial charge in [-0.2, -0.15) is 0 Å². The van der Waals surface area contributed by atoms with E-state index in [-0.39, 0.29) is 0 Å². The molecular weight excluding hydrogens is 168 g/mol. The molecule has 0 N–H and O–H groups in total. The Morgan fingerprint density at radius 1 is 0.714 bits per heavy atom. The van der Waals surface area contributed by atoms with Gasteiger partial charge in [0.1, 0.15) is 0 Å². The van der Waals surface area contributed by atoms with Crippen molar-refractivity contribution < 1.29 is 0 Å². The molecule has 75 valence electrons. The summed E-state index contributed by atoms with van der Waals surface area (Å²) in [6, 6.07) is 0. The summed E-state index contributed by atoms with van der Waals surface area (Å²) in [6.07, 6.45) is 25.5. The molecule has 0 aliphatic heterocycles. The molecule has 0 heterocycles. The van der Waals surface area contributed by atoms with Crippen LogP contribution in [0, 0.1) is 6.08 Å². The summed E-state index contributed by atoms with van der Waals surface area (Å²) in [5.74, 6) is 0. The fourth-order valence-corrected chi connectivity index (χ4v) is 1.34. The fraction of sp³-hybridized carbons (Fsp3) is 0.429. The molecular formula is C14H19. The van der Waals surface area contributed by atoms with Crippen molar-refractivity contribution in [3.05, 3.63) is 48.6 Å². The molecule has 1 aliphatic rings. The summed E-state index contributed by atoms with van der Waals surface area (Å²) in [6.45, 7) is 0. The van der Waals surface area contributed by atoms with Crippen LogP contribution in [0.1, 0.15) is 38.5 Å². The smallest absolute Gasteiger partial charge is 0.0169 e. The summed E-state index contributed by atoms with van der Waals surface area (Å²) >= 11 is 0. The molecule has 0 aromatic heterocycles. The molecule has 14 heavy (non-hydrogen) atoms. The van der Waals surface area contributed by atoms with Gasteiger partial charge in [-0.3, -0.25) is 0 Å². The molecule has 1 aliphatic carbocycles. The van der Waals surface area contributed by atoms with E-state index in [9.17, 15) is 0 Å². The van der Waals surface area contributed by atoms with Gasteiger partial charge in [0.05, 0.1) is 0 Å². The quantitative estimate of drug-likeness (QED) is 0.494. The third kappa shape index (κ3) is 6.47. The molecule has 0 saturated heterocycles. The van der Waals surface area contributed by atoms with E-state index in [1.807, 2.05) is 6.08 Å². The van der Waals surface area contributed by atoms with Crippen LogP contribution in [0.25, 0.3) is 0 Å². The minimum Gasteiger partial charge on any atom is -0.0882 e. The predicted molar refractivity (Wildman–Crippen MR) is 62.9 cm³/mol. The van der Waals surface area contributed by atoms with Crippen molar-refractivity contribution in [3.8, 4) is 0 Å². The van der Waals surface area contributed by atoms with Gasteiger partial charge < -0.3 is 0 Å². The molecule has 0 fully saturated rings. The lowest BCUT2D eigenvalue weighted by molar-refractivity contribution is 0.864. The molecule has 0 atom stereocenters. The first-order valence-electron chi connectivity index (χ1n) is 5.53. The maximum atomic E-state index is 3.19. The van der Waals surface area contributed by atoms with E-state index >= 15 is 0 Å². The van der Waals surface area contributed by atoms with E-state index in [0.29, 0.717) is 0 Å². The molecule has 0 amide bonds. The van der Waals surface area contributed by atoms with E-state index in [2.05, 4.69) is 42.5 Å². The molecule has 1 rings (SSSR count). The zero-order chi connectivity index (χ0) is 9.90. The third-order valence-electron chi connectivity index (χ3n) is 2.16. The van der Waals surface area contributed by atoms with Crippen LogP contribution in [-0.2, 0) is 0 Å². The predicted octanol–water partition coefficient (Wildman–Crippen LogP) is 4.37. The Kier molecular flexibility index (Phi) is 6.74. The Labute approximate surface area is 87.7 Å². The SMILES string of the molecule is [C]1=C/CCC/C=C/C/C=C/CC/C=C/1. The van der Waals surface area contributed by atoms with Gasteiger partial charge in [0.15, 0.2) is 0 Å². The molecule has 0 bridgehead atoms. The second kappa shape index (κ2) is 8.55. The number of hydrogen-bond acceptors (Lipinski definition) is 0. The van der Waals surface area contributed by atoms with Crippen molar-refractivity contribution in [1.29, 1.82) is 0 Å². The van der Waals surface area contributed by atoms with E-state index in [1.54, 1.807) is 0 Å². The highest BCUT2D eigenvalue weighted by Crippen LogP contribution is 2.01. The lowest BCUT2D eigenvalue weighted by Gasteiger charge is -1.91. The maximum absolute atomic E-state index is 3.19. The Morgan fingerprint density at radius 3 is 2.43 bits per heavy atom. The van der Waals surface area contributed by atoms with Crippen LogP contribution >= 0.6 is 0 Å². The van der Waals surface area contributed by atoms with Gasteiger partial charge in [-0.15, -0.1) is 0 Å². The second-order valence-corrected chi connectivity index (χ2v) is 3.46. The maximum Gasteiger partial charge on any atom is -0.0169 e. The highest BCUT2D eigenvalue weighted by molar-refractivity contribution is 4.98. The van der Waals surface area contributed by atoms with Crippen LogP contribution in [0.3, 0.4) is 0 Å². The van der Waals surface area contributed by atoms with Crippen molar-refractivity contribution in [1.82, 2.24) is 0 Å². The minimum atomic E-state index is 1.09. The third-order valence-corrected chi connectivity index (χ3v) is 2.16. The summed E-state index contributed by atoms with van der Waals surface area (Å²) in [7, 11) is 0. The van der Waals surface area contributed by atoms with E-state index < -0.39 is 0 Å². The van der Waals surface area contributed by atoms with Crippen molar-refractivity contribution in [2.45, 2.75) is 38.5 Å². The number of hydrogen-bond donors (Lipinski definition) is 0. The van der Waals surface area contributed by atoms with Gasteiger partial charge in [0, 0.05) is 0 Å². The van der Waals surface area contributed by atoms with Gasteiger partial charge in [-0.25, -0.2) is 0 Å². The molecule has 0 heteroatoms. The summed E-state index contributed by atoms with van der Waals surface area (Å²) in [5, 5.41) is 0. The standard InChI is InChI=1S/C14H19/c1-2-4-6-8-10-12-14-13-11-9-7-5-3-1/h1-2,5,7-8,10,14H,3-4,6,9,11,13H2/b2-1+,7-5+,10-8+,14-12?. The van der Waals surface area contributed by atoms with E-state index in [4.69, 9.17) is 0 Å².